The molecule has 0 radical (unpaired) electrons. The molecule has 0 aliphatic heterocycles. The van der Waals surface area contributed by atoms with Gasteiger partial charge in [0.1, 0.15) is 17.4 Å². The highest BCUT2D eigenvalue weighted by Crippen LogP contribution is 2.21. The van der Waals surface area contributed by atoms with Gasteiger partial charge in [-0.05, 0) is 18.4 Å². The molecule has 1 N–H and O–H groups in total. The van der Waals surface area contributed by atoms with Crippen LogP contribution in [0.3, 0.4) is 0 Å². The van der Waals surface area contributed by atoms with Crippen LogP contribution in [0.25, 0.3) is 0 Å². The molecule has 4 nitrogen and oxygen atoms in total. The van der Waals surface area contributed by atoms with Crippen molar-refractivity contribution in [3.8, 4) is 0 Å². The van der Waals surface area contributed by atoms with Crippen LogP contribution in [-0.2, 0) is 14.6 Å². The lowest BCUT2D eigenvalue weighted by Crippen LogP contribution is -2.35. The van der Waals surface area contributed by atoms with Gasteiger partial charge < -0.3 is 5.32 Å². The molecule has 1 amide bonds. The smallest absolute Gasteiger partial charge is 0.235 e. The van der Waals surface area contributed by atoms with Crippen molar-refractivity contribution in [3.63, 3.8) is 0 Å². The number of nitrogens with one attached hydrogen (secondary N) is 1. The van der Waals surface area contributed by atoms with Crippen LogP contribution in [-0.4, -0.2) is 25.8 Å². The Bertz CT molecular complexity index is 630. The maximum Gasteiger partial charge on any atom is 0.235 e. The van der Waals surface area contributed by atoms with E-state index in [2.05, 4.69) is 5.32 Å². The second kappa shape index (κ2) is 7.67. The quantitative estimate of drug-likeness (QED) is 0.834. The Morgan fingerprint density at radius 2 is 1.91 bits per heavy atom. The second-order valence-electron chi connectivity index (χ2n) is 5.64. The molecule has 0 unspecified atom stereocenters. The molecule has 0 heterocycles. The molecule has 0 spiro atoms. The summed E-state index contributed by atoms with van der Waals surface area (Å²) in [6, 6.07) is 2.40. The highest BCUT2D eigenvalue weighted by atomic mass is 32.2. The van der Waals surface area contributed by atoms with Crippen LogP contribution >= 0.6 is 0 Å². The third kappa shape index (κ3) is 5.71. The topological polar surface area (TPSA) is 63.2 Å². The Morgan fingerprint density at radius 3 is 2.41 bits per heavy atom. The Labute approximate surface area is 129 Å². The summed E-state index contributed by atoms with van der Waals surface area (Å²) in [4.78, 5) is 11.9. The summed E-state index contributed by atoms with van der Waals surface area (Å²) in [7, 11) is -3.50. The molecule has 0 saturated heterocycles. The maximum atomic E-state index is 13.7. The molecule has 0 bridgehead atoms. The number of hydrogen-bond acceptors (Lipinski definition) is 3. The molecule has 1 atom stereocenters. The largest absolute Gasteiger partial charge is 0.348 e. The summed E-state index contributed by atoms with van der Waals surface area (Å²) in [6.07, 6.45) is 0.360. The highest BCUT2D eigenvalue weighted by molar-refractivity contribution is 7.92. The number of carbonyl (C=O) groups excluding carboxylic acids is 1. The highest BCUT2D eigenvalue weighted by Gasteiger charge is 2.22. The van der Waals surface area contributed by atoms with Crippen molar-refractivity contribution in [2.45, 2.75) is 33.2 Å². The van der Waals surface area contributed by atoms with Crippen molar-refractivity contribution in [1.29, 1.82) is 0 Å². The average Bonchev–Trinajstić information content (AvgIpc) is 2.34. The summed E-state index contributed by atoms with van der Waals surface area (Å²) in [5.74, 6) is -2.95. The summed E-state index contributed by atoms with van der Waals surface area (Å²) < 4.78 is 50.2. The van der Waals surface area contributed by atoms with E-state index in [-0.39, 0.29) is 17.2 Å². The molecule has 7 heteroatoms. The van der Waals surface area contributed by atoms with E-state index >= 15 is 0 Å². The van der Waals surface area contributed by atoms with Crippen LogP contribution in [0.15, 0.2) is 18.2 Å². The van der Waals surface area contributed by atoms with Crippen molar-refractivity contribution < 1.29 is 22.0 Å². The number of rotatable bonds is 7. The molecule has 22 heavy (non-hydrogen) atoms. The van der Waals surface area contributed by atoms with Gasteiger partial charge in [0.15, 0.2) is 9.84 Å². The van der Waals surface area contributed by atoms with E-state index in [1.165, 1.54) is 6.07 Å². The van der Waals surface area contributed by atoms with Crippen LogP contribution in [0.2, 0.25) is 0 Å². The van der Waals surface area contributed by atoms with Gasteiger partial charge in [0, 0.05) is 11.6 Å². The molecule has 124 valence electrons. The van der Waals surface area contributed by atoms with Crippen LogP contribution in [0.5, 0.6) is 0 Å². The van der Waals surface area contributed by atoms with Crippen LogP contribution in [0, 0.1) is 17.6 Å². The number of carbonyl (C=O) groups is 1. The van der Waals surface area contributed by atoms with Gasteiger partial charge in [0.2, 0.25) is 5.91 Å². The first kappa shape index (κ1) is 18.5. The van der Waals surface area contributed by atoms with E-state index in [9.17, 15) is 22.0 Å². The molecule has 1 aromatic rings. The minimum atomic E-state index is -3.50. The minimum absolute atomic E-state index is 0.0747. The minimum Gasteiger partial charge on any atom is -0.348 e. The Kier molecular flexibility index (Phi) is 6.47. The molecule has 0 saturated carbocycles. The average molecular weight is 333 g/mol. The number of amides is 1. The number of sulfone groups is 1. The second-order valence-corrected chi connectivity index (χ2v) is 7.75. The molecule has 0 aliphatic carbocycles. The van der Waals surface area contributed by atoms with E-state index in [1.807, 2.05) is 0 Å². The lowest BCUT2D eigenvalue weighted by molar-refractivity contribution is -0.119. The monoisotopic (exact) mass is 333 g/mol. The van der Waals surface area contributed by atoms with E-state index in [0.717, 1.165) is 12.1 Å². The molecular weight excluding hydrogens is 312 g/mol. The zero-order chi connectivity index (χ0) is 16.9. The van der Waals surface area contributed by atoms with Crippen molar-refractivity contribution in [2.24, 2.45) is 5.92 Å². The Hall–Kier alpha value is -1.50. The number of benzene rings is 1. The van der Waals surface area contributed by atoms with Gasteiger partial charge in [0.25, 0.3) is 0 Å². The summed E-state index contributed by atoms with van der Waals surface area (Å²) >= 11 is 0. The van der Waals surface area contributed by atoms with Crippen LogP contribution in [0.1, 0.15) is 38.8 Å². The summed E-state index contributed by atoms with van der Waals surface area (Å²) in [6.45, 7) is 5.22. The van der Waals surface area contributed by atoms with E-state index in [1.54, 1.807) is 20.8 Å². The Morgan fingerprint density at radius 1 is 1.27 bits per heavy atom. The predicted molar refractivity (Wildman–Crippen MR) is 81.0 cm³/mol. The maximum absolute atomic E-state index is 13.7. The normalized spacial score (nSPS) is 13.2. The van der Waals surface area contributed by atoms with Crippen molar-refractivity contribution in [1.82, 2.24) is 5.32 Å². The third-order valence-electron chi connectivity index (χ3n) is 3.02. The van der Waals surface area contributed by atoms with Crippen molar-refractivity contribution in [2.75, 3.05) is 11.5 Å². The number of hydrogen-bond donors (Lipinski definition) is 1. The zero-order valence-electron chi connectivity index (χ0n) is 12.9. The van der Waals surface area contributed by atoms with Gasteiger partial charge in [-0.3, -0.25) is 4.79 Å². The van der Waals surface area contributed by atoms with Crippen molar-refractivity contribution >= 4 is 15.7 Å². The van der Waals surface area contributed by atoms with Gasteiger partial charge in [-0.15, -0.1) is 0 Å². The third-order valence-corrected chi connectivity index (χ3v) is 4.90. The fraction of sp³-hybridized carbons (Fsp3) is 0.533. The zero-order valence-corrected chi connectivity index (χ0v) is 13.7. The van der Waals surface area contributed by atoms with E-state index < -0.39 is 39.2 Å². The fourth-order valence-electron chi connectivity index (χ4n) is 2.19. The molecule has 0 aliphatic rings. The fourth-order valence-corrected chi connectivity index (χ4v) is 3.80. The molecule has 1 aromatic carbocycles. The Balaban J connectivity index is 2.80. The summed E-state index contributed by atoms with van der Waals surface area (Å²) in [5.41, 5.74) is 0.138. The summed E-state index contributed by atoms with van der Waals surface area (Å²) in [5, 5.41) is 2.49. The standard InChI is InChI=1S/C15H21F2NO3S/c1-4-14(12-6-5-11(16)7-13(12)17)18-15(19)9-22(20,21)8-10(2)3/h5-7,10,14H,4,8-9H2,1-3H3,(H,18,19)/t14-/m1/s1. The number of halogens is 2. The van der Waals surface area contributed by atoms with Gasteiger partial charge >= 0.3 is 0 Å². The molecule has 1 rings (SSSR count). The van der Waals surface area contributed by atoms with Gasteiger partial charge in [-0.25, -0.2) is 17.2 Å². The SMILES string of the molecule is CC[C@@H](NC(=O)CS(=O)(=O)CC(C)C)c1ccc(F)cc1F. The molecule has 0 fully saturated rings. The lowest BCUT2D eigenvalue weighted by Gasteiger charge is -2.18. The molecule has 0 aromatic heterocycles. The lowest BCUT2D eigenvalue weighted by atomic mass is 10.0. The van der Waals surface area contributed by atoms with Gasteiger partial charge in [0.05, 0.1) is 11.8 Å². The van der Waals surface area contributed by atoms with Gasteiger partial charge in [-0.2, -0.15) is 0 Å². The first-order valence-electron chi connectivity index (χ1n) is 7.09. The molecular formula is C15H21F2NO3S. The van der Waals surface area contributed by atoms with Crippen LogP contribution in [0.4, 0.5) is 8.78 Å². The van der Waals surface area contributed by atoms with E-state index in [4.69, 9.17) is 0 Å². The van der Waals surface area contributed by atoms with Crippen molar-refractivity contribution in [3.05, 3.63) is 35.4 Å². The van der Waals surface area contributed by atoms with E-state index in [0.29, 0.717) is 6.42 Å². The first-order valence-corrected chi connectivity index (χ1v) is 8.91. The van der Waals surface area contributed by atoms with Crippen LogP contribution < -0.4 is 5.32 Å². The predicted octanol–water partition coefficient (Wildman–Crippen LogP) is 2.60. The first-order chi connectivity index (χ1) is 10.1. The van der Waals surface area contributed by atoms with Gasteiger partial charge in [-0.1, -0.05) is 26.8 Å².